The molecule has 2 aliphatic rings. The maximum atomic E-state index is 14.0. The third-order valence-corrected chi connectivity index (χ3v) is 6.72. The lowest BCUT2D eigenvalue weighted by molar-refractivity contribution is -0.179. The van der Waals surface area contributed by atoms with Gasteiger partial charge in [-0.3, -0.25) is 19.2 Å². The summed E-state index contributed by atoms with van der Waals surface area (Å²) in [7, 11) is 0. The van der Waals surface area contributed by atoms with Crippen molar-refractivity contribution in [2.24, 2.45) is 5.41 Å². The Bertz CT molecular complexity index is 1200. The summed E-state index contributed by atoms with van der Waals surface area (Å²) in [6.07, 6.45) is -0.637. The fourth-order valence-electron chi connectivity index (χ4n) is 4.86. The molecule has 0 aliphatic carbocycles. The number of benzene rings is 2. The van der Waals surface area contributed by atoms with Gasteiger partial charge in [0.1, 0.15) is 18.8 Å². The average Bonchev–Trinajstić information content (AvgIpc) is 3.12. The fraction of sp³-hybridized carbons (Fsp3) is 0.433. The summed E-state index contributed by atoms with van der Waals surface area (Å²) in [6.45, 7) is 5.15. The molecule has 0 N–H and O–H groups in total. The van der Waals surface area contributed by atoms with E-state index in [-0.39, 0.29) is 26.2 Å². The fourth-order valence-corrected chi connectivity index (χ4v) is 4.86. The van der Waals surface area contributed by atoms with Crippen LogP contribution in [0, 0.1) is 5.41 Å². The van der Waals surface area contributed by atoms with E-state index in [0.29, 0.717) is 6.42 Å². The third-order valence-electron chi connectivity index (χ3n) is 6.72. The number of carbonyl (C=O) groups is 5. The Balaban J connectivity index is 1.58. The van der Waals surface area contributed by atoms with E-state index in [1.54, 1.807) is 69.3 Å². The summed E-state index contributed by atoms with van der Waals surface area (Å²) in [5.41, 5.74) is -1.47. The van der Waals surface area contributed by atoms with Gasteiger partial charge in [0.15, 0.2) is 11.5 Å². The SMILES string of the molecule is CC(C)(C)OC(=O)C1CCCN2C(=O)C(CC(=O)OCc3ccccc3)(CC(=O)OCc3ccccc3)C(=O)N12. The van der Waals surface area contributed by atoms with Crippen LogP contribution in [0.1, 0.15) is 57.6 Å². The number of hydrogen-bond donors (Lipinski definition) is 0. The van der Waals surface area contributed by atoms with Gasteiger partial charge in [0.2, 0.25) is 0 Å². The molecule has 0 radical (unpaired) electrons. The van der Waals surface area contributed by atoms with Crippen molar-refractivity contribution in [1.82, 2.24) is 10.0 Å². The first-order chi connectivity index (χ1) is 19.0. The number of rotatable bonds is 9. The molecule has 0 saturated carbocycles. The Hall–Kier alpha value is -4.21. The van der Waals surface area contributed by atoms with E-state index in [0.717, 1.165) is 21.1 Å². The summed E-state index contributed by atoms with van der Waals surface area (Å²) in [6, 6.07) is 16.8. The van der Waals surface area contributed by atoms with E-state index in [4.69, 9.17) is 14.2 Å². The number of hydrogen-bond acceptors (Lipinski definition) is 8. The molecule has 4 rings (SSSR count). The molecular formula is C30H34N2O8. The van der Waals surface area contributed by atoms with Gasteiger partial charge < -0.3 is 14.2 Å². The molecule has 1 atom stereocenters. The predicted octanol–water partition coefficient (Wildman–Crippen LogP) is 3.33. The Labute approximate surface area is 233 Å². The van der Waals surface area contributed by atoms with Gasteiger partial charge in [0.05, 0.1) is 12.8 Å². The summed E-state index contributed by atoms with van der Waals surface area (Å²) < 4.78 is 16.3. The molecule has 2 aromatic rings. The van der Waals surface area contributed by atoms with E-state index in [9.17, 15) is 24.0 Å². The molecule has 40 heavy (non-hydrogen) atoms. The first-order valence-corrected chi connectivity index (χ1v) is 13.3. The van der Waals surface area contributed by atoms with Gasteiger partial charge in [0, 0.05) is 6.54 Å². The normalized spacial score (nSPS) is 18.2. The van der Waals surface area contributed by atoms with Crippen molar-refractivity contribution < 1.29 is 38.2 Å². The molecule has 2 heterocycles. The van der Waals surface area contributed by atoms with Crippen LogP contribution in [0.2, 0.25) is 0 Å². The van der Waals surface area contributed by atoms with Crippen LogP contribution in [0.15, 0.2) is 60.7 Å². The zero-order valence-corrected chi connectivity index (χ0v) is 23.0. The average molecular weight is 551 g/mol. The highest BCUT2D eigenvalue weighted by atomic mass is 16.6. The lowest BCUT2D eigenvalue weighted by Crippen LogP contribution is -2.55. The van der Waals surface area contributed by atoms with Crippen molar-refractivity contribution in [3.63, 3.8) is 0 Å². The van der Waals surface area contributed by atoms with Crippen molar-refractivity contribution in [3.05, 3.63) is 71.8 Å². The smallest absolute Gasteiger partial charge is 0.331 e. The minimum Gasteiger partial charge on any atom is -0.461 e. The van der Waals surface area contributed by atoms with Crippen molar-refractivity contribution in [3.8, 4) is 0 Å². The second-order valence-corrected chi connectivity index (χ2v) is 11.0. The minimum absolute atomic E-state index is 0.0649. The van der Waals surface area contributed by atoms with Gasteiger partial charge in [-0.2, -0.15) is 0 Å². The molecule has 1 unspecified atom stereocenters. The summed E-state index contributed by atoms with van der Waals surface area (Å²) >= 11 is 0. The first kappa shape index (κ1) is 28.8. The van der Waals surface area contributed by atoms with Crippen molar-refractivity contribution >= 4 is 29.7 Å². The van der Waals surface area contributed by atoms with E-state index >= 15 is 0 Å². The number of ether oxygens (including phenoxy) is 3. The molecular weight excluding hydrogens is 516 g/mol. The zero-order chi connectivity index (χ0) is 28.9. The van der Waals surface area contributed by atoms with Crippen LogP contribution in [-0.4, -0.2) is 57.9 Å². The summed E-state index contributed by atoms with van der Waals surface area (Å²) in [5.74, 6) is -3.86. The van der Waals surface area contributed by atoms with E-state index in [1.165, 1.54) is 0 Å². The maximum absolute atomic E-state index is 14.0. The van der Waals surface area contributed by atoms with Crippen LogP contribution in [0.4, 0.5) is 0 Å². The van der Waals surface area contributed by atoms with Gasteiger partial charge in [-0.25, -0.2) is 14.8 Å². The Morgan fingerprint density at radius 1 is 0.825 bits per heavy atom. The number of carbonyl (C=O) groups excluding carboxylic acids is 5. The third kappa shape index (κ3) is 6.50. The van der Waals surface area contributed by atoms with Gasteiger partial charge >= 0.3 is 17.9 Å². The van der Waals surface area contributed by atoms with Crippen molar-refractivity contribution in [1.29, 1.82) is 0 Å². The highest BCUT2D eigenvalue weighted by Crippen LogP contribution is 2.43. The van der Waals surface area contributed by atoms with Crippen LogP contribution in [0.3, 0.4) is 0 Å². The zero-order valence-electron chi connectivity index (χ0n) is 23.0. The molecule has 0 bridgehead atoms. The quantitative estimate of drug-likeness (QED) is 0.265. The molecule has 10 heteroatoms. The topological polar surface area (TPSA) is 120 Å². The van der Waals surface area contributed by atoms with Gasteiger partial charge in [0.25, 0.3) is 11.8 Å². The van der Waals surface area contributed by atoms with Gasteiger partial charge in [-0.05, 0) is 44.7 Å². The highest BCUT2D eigenvalue weighted by Gasteiger charge is 2.63. The molecule has 2 fully saturated rings. The number of amides is 2. The van der Waals surface area contributed by atoms with Gasteiger partial charge in [-0.1, -0.05) is 60.7 Å². The van der Waals surface area contributed by atoms with E-state index in [2.05, 4.69) is 0 Å². The standard InChI is InChI=1S/C30H34N2O8/c1-29(2,3)40-26(35)23-15-10-16-31-27(36)30(28(37)32(23)31,17-24(33)38-19-21-11-6-4-7-12-21)18-25(34)39-20-22-13-8-5-9-14-22/h4-9,11-14,23H,10,15-20H2,1-3H3. The summed E-state index contributed by atoms with van der Waals surface area (Å²) in [4.78, 5) is 67.0. The lowest BCUT2D eigenvalue weighted by atomic mass is 9.80. The van der Waals surface area contributed by atoms with E-state index in [1.807, 2.05) is 12.1 Å². The van der Waals surface area contributed by atoms with Gasteiger partial charge in [-0.15, -0.1) is 0 Å². The van der Waals surface area contributed by atoms with Crippen molar-refractivity contribution in [2.75, 3.05) is 6.54 Å². The van der Waals surface area contributed by atoms with Crippen molar-refractivity contribution in [2.45, 2.75) is 71.3 Å². The second kappa shape index (κ2) is 11.9. The first-order valence-electron chi connectivity index (χ1n) is 13.3. The van der Waals surface area contributed by atoms with E-state index < -0.39 is 59.6 Å². The molecule has 212 valence electrons. The van der Waals surface area contributed by atoms with Crippen LogP contribution < -0.4 is 0 Å². The summed E-state index contributed by atoms with van der Waals surface area (Å²) in [5, 5.41) is 2.23. The number of fused-ring (bicyclic) bond motifs is 1. The predicted molar refractivity (Wildman–Crippen MR) is 142 cm³/mol. The maximum Gasteiger partial charge on any atom is 0.331 e. The molecule has 2 saturated heterocycles. The largest absolute Gasteiger partial charge is 0.461 e. The molecule has 0 aromatic heterocycles. The molecule has 10 nitrogen and oxygen atoms in total. The Morgan fingerprint density at radius 2 is 1.32 bits per heavy atom. The van der Waals surface area contributed by atoms with Crippen LogP contribution in [0.5, 0.6) is 0 Å². The lowest BCUT2D eigenvalue weighted by Gasteiger charge is -2.38. The number of esters is 3. The highest BCUT2D eigenvalue weighted by molar-refractivity contribution is 6.14. The second-order valence-electron chi connectivity index (χ2n) is 11.0. The number of hydrazine groups is 1. The molecule has 2 aromatic carbocycles. The Kier molecular flexibility index (Phi) is 8.56. The molecule has 0 spiro atoms. The number of nitrogens with zero attached hydrogens (tertiary/aromatic N) is 2. The van der Waals surface area contributed by atoms with Crippen LogP contribution >= 0.6 is 0 Å². The molecule has 2 amide bonds. The van der Waals surface area contributed by atoms with Crippen LogP contribution in [0.25, 0.3) is 0 Å². The minimum atomic E-state index is -2.11. The molecule has 2 aliphatic heterocycles. The van der Waals surface area contributed by atoms with Crippen LogP contribution in [-0.2, 0) is 51.4 Å². The monoisotopic (exact) mass is 550 g/mol. The Morgan fingerprint density at radius 3 is 1.80 bits per heavy atom.